The van der Waals surface area contributed by atoms with Crippen LogP contribution in [-0.2, 0) is 19.0 Å². The van der Waals surface area contributed by atoms with E-state index in [0.717, 1.165) is 23.0 Å². The summed E-state index contributed by atoms with van der Waals surface area (Å²) in [4.78, 5) is 8.50. The predicted molar refractivity (Wildman–Crippen MR) is 66.9 cm³/mol. The fraction of sp³-hybridized carbons (Fsp3) is 0.364. The largest absolute Gasteiger partial charge is 0.484 e. The van der Waals surface area contributed by atoms with Gasteiger partial charge in [-0.05, 0) is 19.1 Å². The van der Waals surface area contributed by atoms with Gasteiger partial charge in [0.1, 0.15) is 18.7 Å². The number of hydrogen-bond donors (Lipinski definition) is 0. The van der Waals surface area contributed by atoms with E-state index >= 15 is 0 Å². The summed E-state index contributed by atoms with van der Waals surface area (Å²) in [5.74, 6) is 1.56. The zero-order chi connectivity index (χ0) is 12.3. The van der Waals surface area contributed by atoms with Gasteiger partial charge in [0.15, 0.2) is 5.82 Å². The van der Waals surface area contributed by atoms with Gasteiger partial charge in [-0.25, -0.2) is 4.98 Å². The van der Waals surface area contributed by atoms with E-state index in [1.54, 1.807) is 4.68 Å². The molecule has 0 amide bonds. The van der Waals surface area contributed by atoms with Crippen LogP contribution in [0.5, 0.6) is 5.75 Å². The first kappa shape index (κ1) is 12.0. The van der Waals surface area contributed by atoms with Crippen LogP contribution in [0.15, 0.2) is 18.5 Å². The molecule has 0 bridgehead atoms. The molecule has 0 aliphatic rings. The Bertz CT molecular complexity index is 512. The highest BCUT2D eigenvalue weighted by Gasteiger charge is 2.07. The number of aromatic nitrogens is 4. The van der Waals surface area contributed by atoms with Crippen LogP contribution >= 0.6 is 15.9 Å². The minimum atomic E-state index is 0.390. The molecule has 0 aromatic carbocycles. The number of halogens is 1. The van der Waals surface area contributed by atoms with E-state index in [9.17, 15) is 0 Å². The van der Waals surface area contributed by atoms with Gasteiger partial charge in [0, 0.05) is 18.1 Å². The van der Waals surface area contributed by atoms with Crippen LogP contribution in [0, 0.1) is 6.92 Å². The minimum Gasteiger partial charge on any atom is -0.484 e. The SMILES string of the molecule is Cc1ccc(OCc2ncnn2C)c(CBr)n1. The fourth-order valence-corrected chi connectivity index (χ4v) is 1.82. The number of rotatable bonds is 4. The molecule has 0 fully saturated rings. The first-order valence-corrected chi connectivity index (χ1v) is 6.31. The lowest BCUT2D eigenvalue weighted by Gasteiger charge is -2.09. The summed E-state index contributed by atoms with van der Waals surface area (Å²) < 4.78 is 7.38. The molecule has 5 nitrogen and oxygen atoms in total. The van der Waals surface area contributed by atoms with Crippen molar-refractivity contribution >= 4 is 15.9 Å². The quantitative estimate of drug-likeness (QED) is 0.810. The lowest BCUT2D eigenvalue weighted by Crippen LogP contribution is -2.06. The van der Waals surface area contributed by atoms with Crippen molar-refractivity contribution in [2.75, 3.05) is 0 Å². The van der Waals surface area contributed by atoms with Crippen molar-refractivity contribution in [1.29, 1.82) is 0 Å². The maximum atomic E-state index is 5.69. The van der Waals surface area contributed by atoms with Crippen molar-refractivity contribution < 1.29 is 4.74 Å². The average Bonchev–Trinajstić information content (AvgIpc) is 2.73. The molecular weight excluding hydrogens is 284 g/mol. The van der Waals surface area contributed by atoms with Crippen molar-refractivity contribution in [2.45, 2.75) is 18.9 Å². The maximum Gasteiger partial charge on any atom is 0.164 e. The van der Waals surface area contributed by atoms with Gasteiger partial charge in [-0.1, -0.05) is 15.9 Å². The van der Waals surface area contributed by atoms with Gasteiger partial charge in [-0.15, -0.1) is 0 Å². The number of alkyl halides is 1. The summed E-state index contributed by atoms with van der Waals surface area (Å²) in [5.41, 5.74) is 1.87. The Balaban J connectivity index is 2.11. The normalized spacial score (nSPS) is 10.5. The van der Waals surface area contributed by atoms with Crippen LogP contribution in [0.2, 0.25) is 0 Å². The number of pyridine rings is 1. The molecule has 6 heteroatoms. The minimum absolute atomic E-state index is 0.390. The molecule has 0 saturated heterocycles. The van der Waals surface area contributed by atoms with Crippen molar-refractivity contribution in [1.82, 2.24) is 19.7 Å². The smallest absolute Gasteiger partial charge is 0.164 e. The van der Waals surface area contributed by atoms with E-state index in [0.29, 0.717) is 11.9 Å². The van der Waals surface area contributed by atoms with Gasteiger partial charge in [-0.3, -0.25) is 9.67 Å². The van der Waals surface area contributed by atoms with E-state index in [2.05, 4.69) is 31.0 Å². The topological polar surface area (TPSA) is 52.8 Å². The molecule has 2 aromatic rings. The summed E-state index contributed by atoms with van der Waals surface area (Å²) >= 11 is 3.40. The lowest BCUT2D eigenvalue weighted by atomic mass is 10.3. The van der Waals surface area contributed by atoms with Gasteiger partial charge in [-0.2, -0.15) is 5.10 Å². The Hall–Kier alpha value is -1.43. The Morgan fingerprint density at radius 1 is 1.41 bits per heavy atom. The maximum absolute atomic E-state index is 5.69. The first-order chi connectivity index (χ1) is 8.20. The van der Waals surface area contributed by atoms with E-state index in [-0.39, 0.29) is 0 Å². The summed E-state index contributed by atoms with van der Waals surface area (Å²) in [6, 6.07) is 3.85. The monoisotopic (exact) mass is 296 g/mol. The fourth-order valence-electron chi connectivity index (χ4n) is 1.42. The second kappa shape index (κ2) is 5.27. The molecule has 0 radical (unpaired) electrons. The molecule has 2 rings (SSSR count). The summed E-state index contributed by atoms with van der Waals surface area (Å²) in [7, 11) is 1.84. The predicted octanol–water partition coefficient (Wildman–Crippen LogP) is 1.99. The van der Waals surface area contributed by atoms with Gasteiger partial charge >= 0.3 is 0 Å². The molecule has 0 N–H and O–H groups in total. The number of ether oxygens (including phenoxy) is 1. The van der Waals surface area contributed by atoms with Gasteiger partial charge in [0.2, 0.25) is 0 Å². The zero-order valence-corrected chi connectivity index (χ0v) is 11.3. The molecule has 0 unspecified atom stereocenters. The molecule has 0 spiro atoms. The van der Waals surface area contributed by atoms with E-state index in [1.165, 1.54) is 6.33 Å². The average molecular weight is 297 g/mol. The third-order valence-corrected chi connectivity index (χ3v) is 2.89. The van der Waals surface area contributed by atoms with Crippen LogP contribution in [-0.4, -0.2) is 19.7 Å². The Morgan fingerprint density at radius 3 is 2.88 bits per heavy atom. The standard InChI is InChI=1S/C11H13BrN4O/c1-8-3-4-10(9(5-12)15-8)17-6-11-13-7-14-16(11)2/h3-4,7H,5-6H2,1-2H3. The molecule has 2 aromatic heterocycles. The molecule has 2 heterocycles. The Kier molecular flexibility index (Phi) is 3.73. The molecule has 0 atom stereocenters. The highest BCUT2D eigenvalue weighted by Crippen LogP contribution is 2.20. The summed E-state index contributed by atoms with van der Waals surface area (Å²) in [6.07, 6.45) is 1.51. The lowest BCUT2D eigenvalue weighted by molar-refractivity contribution is 0.286. The number of nitrogens with zero attached hydrogens (tertiary/aromatic N) is 4. The third-order valence-electron chi connectivity index (χ3n) is 2.36. The van der Waals surface area contributed by atoms with Gasteiger partial charge in [0.05, 0.1) is 5.69 Å². The van der Waals surface area contributed by atoms with Gasteiger partial charge in [0.25, 0.3) is 0 Å². The number of hydrogen-bond acceptors (Lipinski definition) is 4. The zero-order valence-electron chi connectivity index (χ0n) is 9.72. The Labute approximate surface area is 108 Å². The summed E-state index contributed by atoms with van der Waals surface area (Å²) in [5, 5.41) is 4.66. The van der Waals surface area contributed by atoms with Crippen LogP contribution in [0.25, 0.3) is 0 Å². The van der Waals surface area contributed by atoms with Crippen molar-refractivity contribution in [3.63, 3.8) is 0 Å². The molecule has 0 saturated carbocycles. The van der Waals surface area contributed by atoms with Crippen LogP contribution in [0.1, 0.15) is 17.2 Å². The second-order valence-corrected chi connectivity index (χ2v) is 4.18. The molecule has 17 heavy (non-hydrogen) atoms. The summed E-state index contributed by atoms with van der Waals surface area (Å²) in [6.45, 7) is 2.35. The van der Waals surface area contributed by atoms with Crippen LogP contribution < -0.4 is 4.74 Å². The van der Waals surface area contributed by atoms with E-state index in [4.69, 9.17) is 4.74 Å². The molecular formula is C11H13BrN4O. The molecule has 90 valence electrons. The van der Waals surface area contributed by atoms with Crippen LogP contribution in [0.3, 0.4) is 0 Å². The van der Waals surface area contributed by atoms with Crippen molar-refractivity contribution in [3.8, 4) is 5.75 Å². The highest BCUT2D eigenvalue weighted by molar-refractivity contribution is 9.08. The van der Waals surface area contributed by atoms with Crippen molar-refractivity contribution in [3.05, 3.63) is 35.7 Å². The third kappa shape index (κ3) is 2.82. The second-order valence-electron chi connectivity index (χ2n) is 3.62. The van der Waals surface area contributed by atoms with Crippen molar-refractivity contribution in [2.24, 2.45) is 7.05 Å². The van der Waals surface area contributed by atoms with Crippen LogP contribution in [0.4, 0.5) is 0 Å². The van der Waals surface area contributed by atoms with Gasteiger partial charge < -0.3 is 4.74 Å². The van der Waals surface area contributed by atoms with E-state index < -0.39 is 0 Å². The first-order valence-electron chi connectivity index (χ1n) is 5.19. The molecule has 0 aliphatic carbocycles. The number of aryl methyl sites for hydroxylation is 2. The molecule has 0 aliphatic heterocycles. The highest BCUT2D eigenvalue weighted by atomic mass is 79.9. The van der Waals surface area contributed by atoms with E-state index in [1.807, 2.05) is 26.1 Å². The Morgan fingerprint density at radius 2 is 2.24 bits per heavy atom.